The van der Waals surface area contributed by atoms with E-state index in [0.717, 1.165) is 12.8 Å². The van der Waals surface area contributed by atoms with Gasteiger partial charge in [0.25, 0.3) is 0 Å². The van der Waals surface area contributed by atoms with Gasteiger partial charge < -0.3 is 5.11 Å². The number of aliphatic hydroxyl groups excluding tert-OH is 1. The fraction of sp³-hybridized carbons (Fsp3) is 0.778. The van der Waals surface area contributed by atoms with E-state index in [1.165, 1.54) is 57.8 Å². The Morgan fingerprint density at radius 1 is 0.789 bits per heavy atom. The highest BCUT2D eigenvalue weighted by Gasteiger charge is 1.96. The number of aliphatic hydroxyl groups is 1. The zero-order valence-electron chi connectivity index (χ0n) is 13.1. The molecule has 1 unspecified atom stereocenters. The normalized spacial score (nSPS) is 13.6. The molecule has 1 heteroatoms. The second-order valence-electron chi connectivity index (χ2n) is 5.43. The van der Waals surface area contributed by atoms with E-state index in [1.807, 2.05) is 12.2 Å². The van der Waals surface area contributed by atoms with Crippen molar-refractivity contribution in [1.29, 1.82) is 0 Å². The molecule has 0 aliphatic rings. The van der Waals surface area contributed by atoms with E-state index in [9.17, 15) is 5.11 Å². The van der Waals surface area contributed by atoms with Gasteiger partial charge in [-0.25, -0.2) is 0 Å². The molecular formula is C18H34O. The topological polar surface area (TPSA) is 20.2 Å². The summed E-state index contributed by atoms with van der Waals surface area (Å²) in [6.45, 7) is 4.44. The van der Waals surface area contributed by atoms with Crippen LogP contribution in [0.4, 0.5) is 0 Å². The lowest BCUT2D eigenvalue weighted by molar-refractivity contribution is 0.208. The molecule has 0 amide bonds. The monoisotopic (exact) mass is 266 g/mol. The van der Waals surface area contributed by atoms with E-state index >= 15 is 0 Å². The second-order valence-corrected chi connectivity index (χ2v) is 5.43. The molecule has 1 atom stereocenters. The zero-order chi connectivity index (χ0) is 14.2. The molecule has 112 valence electrons. The molecule has 1 N–H and O–H groups in total. The molecule has 0 radical (unpaired) electrons. The maximum Gasteiger partial charge on any atom is 0.0723 e. The van der Waals surface area contributed by atoms with Gasteiger partial charge in [0.1, 0.15) is 0 Å². The van der Waals surface area contributed by atoms with E-state index in [1.54, 1.807) is 0 Å². The van der Waals surface area contributed by atoms with Gasteiger partial charge in [-0.1, -0.05) is 89.5 Å². The van der Waals surface area contributed by atoms with Crippen LogP contribution >= 0.6 is 0 Å². The summed E-state index contributed by atoms with van der Waals surface area (Å²) in [4.78, 5) is 0. The Labute approximate surface area is 120 Å². The lowest BCUT2D eigenvalue weighted by atomic mass is 10.1. The van der Waals surface area contributed by atoms with Crippen molar-refractivity contribution >= 4 is 0 Å². The summed E-state index contributed by atoms with van der Waals surface area (Å²) in [6.07, 6.45) is 21.7. The van der Waals surface area contributed by atoms with E-state index in [0.29, 0.717) is 0 Å². The van der Waals surface area contributed by atoms with Gasteiger partial charge in [-0.15, -0.1) is 0 Å². The van der Waals surface area contributed by atoms with E-state index in [2.05, 4.69) is 26.0 Å². The second kappa shape index (κ2) is 15.5. The molecule has 0 saturated carbocycles. The van der Waals surface area contributed by atoms with Crippen LogP contribution in [0.5, 0.6) is 0 Å². The molecule has 0 heterocycles. The Hall–Kier alpha value is -0.560. The highest BCUT2D eigenvalue weighted by atomic mass is 16.3. The number of rotatable bonds is 13. The van der Waals surface area contributed by atoms with Crippen LogP contribution in [0.25, 0.3) is 0 Å². The van der Waals surface area contributed by atoms with Crippen LogP contribution < -0.4 is 0 Å². The van der Waals surface area contributed by atoms with Crippen LogP contribution in [0.1, 0.15) is 84.5 Å². The summed E-state index contributed by atoms with van der Waals surface area (Å²) in [7, 11) is 0. The summed E-state index contributed by atoms with van der Waals surface area (Å²) in [5, 5.41) is 9.68. The average Bonchev–Trinajstić information content (AvgIpc) is 2.41. The van der Waals surface area contributed by atoms with Crippen LogP contribution in [-0.4, -0.2) is 11.2 Å². The van der Waals surface area contributed by atoms with Crippen molar-refractivity contribution in [3.8, 4) is 0 Å². The fourth-order valence-electron chi connectivity index (χ4n) is 2.11. The van der Waals surface area contributed by atoms with Crippen molar-refractivity contribution < 1.29 is 5.11 Å². The van der Waals surface area contributed by atoms with Gasteiger partial charge in [-0.3, -0.25) is 0 Å². The van der Waals surface area contributed by atoms with Crippen molar-refractivity contribution in [2.75, 3.05) is 0 Å². The molecular weight excluding hydrogens is 232 g/mol. The first-order valence-corrected chi connectivity index (χ1v) is 8.32. The van der Waals surface area contributed by atoms with Gasteiger partial charge in [-0.05, 0) is 19.3 Å². The third-order valence-corrected chi connectivity index (χ3v) is 3.41. The van der Waals surface area contributed by atoms with Gasteiger partial charge >= 0.3 is 0 Å². The SMILES string of the molecule is CCCCCCCCC=CC=CC(O)CCCCC. The predicted octanol–water partition coefficient (Wildman–Crippen LogP) is 5.79. The molecule has 19 heavy (non-hydrogen) atoms. The lowest BCUT2D eigenvalue weighted by Crippen LogP contribution is -2.00. The summed E-state index contributed by atoms with van der Waals surface area (Å²) in [6, 6.07) is 0. The van der Waals surface area contributed by atoms with Crippen LogP contribution in [0.3, 0.4) is 0 Å². The molecule has 0 saturated heterocycles. The molecule has 0 aliphatic heterocycles. The minimum Gasteiger partial charge on any atom is -0.389 e. The van der Waals surface area contributed by atoms with Crippen LogP contribution in [0, 0.1) is 0 Å². The Balaban J connectivity index is 3.35. The van der Waals surface area contributed by atoms with Crippen molar-refractivity contribution in [3.63, 3.8) is 0 Å². The maximum atomic E-state index is 9.68. The van der Waals surface area contributed by atoms with Crippen molar-refractivity contribution in [2.45, 2.75) is 90.6 Å². The minimum atomic E-state index is -0.259. The third kappa shape index (κ3) is 15.4. The molecule has 0 aliphatic carbocycles. The van der Waals surface area contributed by atoms with Crippen molar-refractivity contribution in [2.24, 2.45) is 0 Å². The summed E-state index contributed by atoms with van der Waals surface area (Å²) in [5.74, 6) is 0. The minimum absolute atomic E-state index is 0.259. The Bertz CT molecular complexity index is 218. The van der Waals surface area contributed by atoms with Crippen molar-refractivity contribution in [3.05, 3.63) is 24.3 Å². The molecule has 0 aromatic rings. The number of hydrogen-bond donors (Lipinski definition) is 1. The Kier molecular flexibility index (Phi) is 15.0. The standard InChI is InChI=1S/C18H34O/c1-3-5-7-8-9-10-11-12-13-15-17-18(19)16-14-6-4-2/h12-13,15,17-19H,3-11,14,16H2,1-2H3. The van der Waals surface area contributed by atoms with E-state index in [4.69, 9.17) is 0 Å². The first kappa shape index (κ1) is 18.4. The first-order chi connectivity index (χ1) is 9.31. The molecule has 1 nitrogen and oxygen atoms in total. The Morgan fingerprint density at radius 2 is 1.42 bits per heavy atom. The van der Waals surface area contributed by atoms with Gasteiger partial charge in [0.15, 0.2) is 0 Å². The van der Waals surface area contributed by atoms with Crippen molar-refractivity contribution in [1.82, 2.24) is 0 Å². The van der Waals surface area contributed by atoms with Crippen LogP contribution in [0.2, 0.25) is 0 Å². The van der Waals surface area contributed by atoms with Gasteiger partial charge in [0, 0.05) is 0 Å². The van der Waals surface area contributed by atoms with Gasteiger partial charge in [0.2, 0.25) is 0 Å². The quantitative estimate of drug-likeness (QED) is 0.330. The van der Waals surface area contributed by atoms with E-state index < -0.39 is 0 Å². The van der Waals surface area contributed by atoms with Gasteiger partial charge in [-0.2, -0.15) is 0 Å². The molecule has 0 rings (SSSR count). The van der Waals surface area contributed by atoms with Crippen LogP contribution in [0.15, 0.2) is 24.3 Å². The van der Waals surface area contributed by atoms with Gasteiger partial charge in [0.05, 0.1) is 6.10 Å². The zero-order valence-corrected chi connectivity index (χ0v) is 13.1. The predicted molar refractivity (Wildman–Crippen MR) is 86.4 cm³/mol. The largest absolute Gasteiger partial charge is 0.389 e. The average molecular weight is 266 g/mol. The molecule has 0 spiro atoms. The lowest BCUT2D eigenvalue weighted by Gasteiger charge is -2.03. The molecule has 0 aromatic heterocycles. The third-order valence-electron chi connectivity index (χ3n) is 3.41. The summed E-state index contributed by atoms with van der Waals surface area (Å²) in [5.41, 5.74) is 0. The highest BCUT2D eigenvalue weighted by molar-refractivity contribution is 5.04. The molecule has 0 aromatic carbocycles. The summed E-state index contributed by atoms with van der Waals surface area (Å²) < 4.78 is 0. The Morgan fingerprint density at radius 3 is 2.16 bits per heavy atom. The number of allylic oxidation sites excluding steroid dienone is 3. The number of unbranched alkanes of at least 4 members (excludes halogenated alkanes) is 8. The summed E-state index contributed by atoms with van der Waals surface area (Å²) >= 11 is 0. The molecule has 0 bridgehead atoms. The number of hydrogen-bond acceptors (Lipinski definition) is 1. The first-order valence-electron chi connectivity index (χ1n) is 8.32. The molecule has 0 fully saturated rings. The van der Waals surface area contributed by atoms with E-state index in [-0.39, 0.29) is 6.10 Å². The fourth-order valence-corrected chi connectivity index (χ4v) is 2.11. The maximum absolute atomic E-state index is 9.68. The van der Waals surface area contributed by atoms with Crippen LogP contribution in [-0.2, 0) is 0 Å². The smallest absolute Gasteiger partial charge is 0.0723 e. The highest BCUT2D eigenvalue weighted by Crippen LogP contribution is 2.07.